The highest BCUT2D eigenvalue weighted by Gasteiger charge is 2.39. The normalized spacial score (nSPS) is 18.1. The number of aromatic nitrogens is 2. The lowest BCUT2D eigenvalue weighted by atomic mass is 10.1. The minimum Gasteiger partial charge on any atom is -0.292 e. The van der Waals surface area contributed by atoms with E-state index in [4.69, 9.17) is 11.6 Å². The summed E-state index contributed by atoms with van der Waals surface area (Å²) in [6.07, 6.45) is -5.35. The molecule has 0 bridgehead atoms. The first kappa shape index (κ1) is 25.9. The molecule has 1 aliphatic heterocycles. The van der Waals surface area contributed by atoms with Gasteiger partial charge in [-0.15, -0.1) is 0 Å². The van der Waals surface area contributed by atoms with E-state index in [9.17, 15) is 48.8 Å². The molecule has 1 atom stereocenters. The summed E-state index contributed by atoms with van der Waals surface area (Å²) < 4.78 is 103. The molecule has 3 rings (SSSR count). The number of benzene rings is 1. The molecule has 2 heterocycles. The average molecular weight is 548 g/mol. The average Bonchev–Trinajstić information content (AvgIpc) is 3.05. The van der Waals surface area contributed by atoms with Crippen LogP contribution in [-0.2, 0) is 33.1 Å². The topological polar surface area (TPSA) is 141 Å². The van der Waals surface area contributed by atoms with Gasteiger partial charge in [-0.25, -0.2) is 35.3 Å². The molecule has 1 aromatic carbocycles. The molecule has 1 saturated heterocycles. The zero-order valence-corrected chi connectivity index (χ0v) is 19.3. The molecule has 186 valence electrons. The van der Waals surface area contributed by atoms with E-state index in [1.807, 2.05) is 0 Å². The van der Waals surface area contributed by atoms with Crippen molar-refractivity contribution in [2.45, 2.75) is 17.8 Å². The summed E-state index contributed by atoms with van der Waals surface area (Å²) in [5, 5.41) is -2.09. The highest BCUT2D eigenvalue weighted by atomic mass is 35.5. The largest absolute Gasteiger partial charge is 0.431 e. The number of rotatable bonds is 4. The van der Waals surface area contributed by atoms with Crippen LogP contribution >= 0.6 is 11.6 Å². The van der Waals surface area contributed by atoms with Crippen molar-refractivity contribution >= 4 is 37.4 Å². The van der Waals surface area contributed by atoms with Gasteiger partial charge in [-0.05, 0) is 18.6 Å². The van der Waals surface area contributed by atoms with Gasteiger partial charge in [0.1, 0.15) is 11.5 Å². The van der Waals surface area contributed by atoms with Crippen LogP contribution in [0.5, 0.6) is 0 Å². The Kier molecular flexibility index (Phi) is 6.47. The number of hydrogen-bond donors (Lipinski definition) is 1. The molecule has 1 aromatic heterocycles. The van der Waals surface area contributed by atoms with Gasteiger partial charge < -0.3 is 0 Å². The van der Waals surface area contributed by atoms with Crippen LogP contribution in [0.25, 0.3) is 5.69 Å². The third-order valence-corrected chi connectivity index (χ3v) is 9.04. The second-order valence-corrected chi connectivity index (χ2v) is 11.9. The third-order valence-electron chi connectivity index (χ3n) is 5.00. The summed E-state index contributed by atoms with van der Waals surface area (Å²) in [5.74, 6) is -3.94. The van der Waals surface area contributed by atoms with E-state index in [1.54, 1.807) is 4.72 Å². The SMILES string of the molecule is Cn1c(C(F)(F)F)cc(=O)n(-c2cc(C(=O)NS(=O)(=O)C3CCS(=O)(=O)C3)c(Cl)cc2F)c1=O. The standard InChI is InChI=1S/C17H14ClF4N3O7S2/c1-24-13(17(20,21)22)6-14(26)25(16(24)28)12-4-9(10(18)5-11(12)19)15(27)23-34(31,32)8-2-3-33(29,30)7-8/h4-6,8H,2-3,7H2,1H3,(H,23,27). The fourth-order valence-electron chi connectivity index (χ4n) is 3.28. The number of nitrogens with one attached hydrogen (secondary N) is 1. The number of nitrogens with zero attached hydrogens (tertiary/aromatic N) is 2. The molecule has 2 aromatic rings. The maximum atomic E-state index is 14.5. The molecule has 0 aliphatic carbocycles. The van der Waals surface area contributed by atoms with Crippen LogP contribution in [0.4, 0.5) is 17.6 Å². The van der Waals surface area contributed by atoms with Crippen LogP contribution in [0.3, 0.4) is 0 Å². The van der Waals surface area contributed by atoms with Gasteiger partial charge in [0.15, 0.2) is 9.84 Å². The number of hydrogen-bond acceptors (Lipinski definition) is 7. The van der Waals surface area contributed by atoms with Crippen molar-refractivity contribution in [1.29, 1.82) is 0 Å². The second-order valence-electron chi connectivity index (χ2n) is 7.33. The molecule has 1 fully saturated rings. The van der Waals surface area contributed by atoms with Gasteiger partial charge in [0.2, 0.25) is 10.0 Å². The van der Waals surface area contributed by atoms with E-state index >= 15 is 0 Å². The maximum Gasteiger partial charge on any atom is 0.431 e. The Morgan fingerprint density at radius 3 is 2.35 bits per heavy atom. The quantitative estimate of drug-likeness (QED) is 0.552. The molecule has 34 heavy (non-hydrogen) atoms. The number of sulfone groups is 1. The molecule has 1 unspecified atom stereocenters. The molecular formula is C17H14ClF4N3O7S2. The number of halogens is 5. The van der Waals surface area contributed by atoms with E-state index in [0.29, 0.717) is 19.2 Å². The Morgan fingerprint density at radius 2 is 1.82 bits per heavy atom. The number of carbonyl (C=O) groups excluding carboxylic acids is 1. The summed E-state index contributed by atoms with van der Waals surface area (Å²) in [6.45, 7) is 0. The van der Waals surface area contributed by atoms with Gasteiger partial charge in [0.25, 0.3) is 11.5 Å². The van der Waals surface area contributed by atoms with E-state index in [2.05, 4.69) is 0 Å². The van der Waals surface area contributed by atoms with Crippen molar-refractivity contribution in [2.24, 2.45) is 7.05 Å². The fourth-order valence-corrected chi connectivity index (χ4v) is 7.51. The Morgan fingerprint density at radius 1 is 1.21 bits per heavy atom. The van der Waals surface area contributed by atoms with Gasteiger partial charge in [0, 0.05) is 13.1 Å². The van der Waals surface area contributed by atoms with Crippen molar-refractivity contribution in [3.8, 4) is 5.69 Å². The lowest BCUT2D eigenvalue weighted by Gasteiger charge is -2.16. The van der Waals surface area contributed by atoms with E-state index in [0.717, 1.165) is 0 Å². The van der Waals surface area contributed by atoms with Crippen LogP contribution < -0.4 is 16.0 Å². The predicted molar refractivity (Wildman–Crippen MR) is 111 cm³/mol. The number of amides is 1. The molecular weight excluding hydrogens is 534 g/mol. The summed E-state index contributed by atoms with van der Waals surface area (Å²) in [7, 11) is -7.46. The summed E-state index contributed by atoms with van der Waals surface area (Å²) in [4.78, 5) is 37.2. The second kappa shape index (κ2) is 8.49. The Labute approximate surface area is 193 Å². The van der Waals surface area contributed by atoms with Crippen molar-refractivity contribution in [2.75, 3.05) is 11.5 Å². The van der Waals surface area contributed by atoms with Crippen molar-refractivity contribution in [3.63, 3.8) is 0 Å². The lowest BCUT2D eigenvalue weighted by molar-refractivity contribution is -0.144. The van der Waals surface area contributed by atoms with Crippen molar-refractivity contribution < 1.29 is 39.2 Å². The molecule has 10 nitrogen and oxygen atoms in total. The molecule has 17 heteroatoms. The van der Waals surface area contributed by atoms with Gasteiger partial charge in [-0.2, -0.15) is 13.2 Å². The summed E-state index contributed by atoms with van der Waals surface area (Å²) in [6, 6.07) is 1.02. The van der Waals surface area contributed by atoms with Crippen LogP contribution in [0, 0.1) is 5.82 Å². The monoisotopic (exact) mass is 547 g/mol. The summed E-state index contributed by atoms with van der Waals surface area (Å²) >= 11 is 5.80. The lowest BCUT2D eigenvalue weighted by Crippen LogP contribution is -2.41. The van der Waals surface area contributed by atoms with Crippen LogP contribution in [0.2, 0.25) is 5.02 Å². The minimum atomic E-state index is -5.07. The van der Waals surface area contributed by atoms with E-state index < -0.39 is 87.7 Å². The molecule has 0 saturated carbocycles. The molecule has 0 spiro atoms. The minimum absolute atomic E-state index is 0.00965. The summed E-state index contributed by atoms with van der Waals surface area (Å²) in [5.41, 5.74) is -6.49. The first-order chi connectivity index (χ1) is 15.4. The number of alkyl halides is 3. The highest BCUT2D eigenvalue weighted by molar-refractivity contribution is 7.95. The van der Waals surface area contributed by atoms with Gasteiger partial charge in [-0.3, -0.25) is 14.2 Å². The highest BCUT2D eigenvalue weighted by Crippen LogP contribution is 2.28. The van der Waals surface area contributed by atoms with Gasteiger partial charge in [0.05, 0.1) is 33.0 Å². The first-order valence-corrected chi connectivity index (χ1v) is 12.9. The Bertz CT molecular complexity index is 1530. The van der Waals surface area contributed by atoms with E-state index in [-0.39, 0.29) is 21.6 Å². The first-order valence-electron chi connectivity index (χ1n) is 9.10. The predicted octanol–water partition coefficient (Wildman–Crippen LogP) is 0.594. The van der Waals surface area contributed by atoms with Gasteiger partial charge in [-0.1, -0.05) is 11.6 Å². The third kappa shape index (κ3) is 4.88. The Balaban J connectivity index is 2.08. The molecule has 0 radical (unpaired) electrons. The van der Waals surface area contributed by atoms with Crippen molar-refractivity contribution in [3.05, 3.63) is 61.1 Å². The molecule has 1 amide bonds. The maximum absolute atomic E-state index is 14.5. The van der Waals surface area contributed by atoms with Crippen LogP contribution in [-0.4, -0.2) is 48.6 Å². The molecule has 1 N–H and O–H groups in total. The van der Waals surface area contributed by atoms with E-state index in [1.165, 1.54) is 0 Å². The van der Waals surface area contributed by atoms with Crippen LogP contribution in [0.1, 0.15) is 22.5 Å². The fraction of sp³-hybridized carbons (Fsp3) is 0.353. The zero-order chi connectivity index (χ0) is 25.8. The van der Waals surface area contributed by atoms with Crippen LogP contribution in [0.15, 0.2) is 27.8 Å². The molecule has 1 aliphatic rings. The smallest absolute Gasteiger partial charge is 0.292 e. The number of sulfonamides is 1. The number of carbonyl (C=O) groups is 1. The van der Waals surface area contributed by atoms with Crippen molar-refractivity contribution in [1.82, 2.24) is 13.9 Å². The zero-order valence-electron chi connectivity index (χ0n) is 16.9. The Hall–Kier alpha value is -2.72. The van der Waals surface area contributed by atoms with Gasteiger partial charge >= 0.3 is 11.9 Å².